The van der Waals surface area contributed by atoms with Crippen LogP contribution in [0.25, 0.3) is 0 Å². The highest BCUT2D eigenvalue weighted by Gasteiger charge is 2.25. The van der Waals surface area contributed by atoms with Crippen LogP contribution in [0.2, 0.25) is 0 Å². The van der Waals surface area contributed by atoms with E-state index in [0.29, 0.717) is 17.9 Å². The quantitative estimate of drug-likeness (QED) is 0.257. The van der Waals surface area contributed by atoms with Gasteiger partial charge < -0.3 is 20.7 Å². The van der Waals surface area contributed by atoms with Crippen molar-refractivity contribution in [2.24, 2.45) is 5.92 Å². The van der Waals surface area contributed by atoms with Gasteiger partial charge in [-0.2, -0.15) is 0 Å². The molecule has 1 saturated heterocycles. The summed E-state index contributed by atoms with van der Waals surface area (Å²) in [5.74, 6) is -0.107. The van der Waals surface area contributed by atoms with E-state index in [1.165, 1.54) is 19.2 Å². The first kappa shape index (κ1) is 18.0. The number of carbonyl (C=O) groups excluding carboxylic acids is 1. The van der Waals surface area contributed by atoms with E-state index in [2.05, 4.69) is 10.2 Å². The van der Waals surface area contributed by atoms with Crippen LogP contribution >= 0.6 is 0 Å². The van der Waals surface area contributed by atoms with E-state index in [1.54, 1.807) is 6.07 Å². The summed E-state index contributed by atoms with van der Waals surface area (Å²) in [5.41, 5.74) is 6.66. The van der Waals surface area contributed by atoms with Crippen molar-refractivity contribution in [3.8, 4) is 0 Å². The molecule has 1 fully saturated rings. The van der Waals surface area contributed by atoms with Crippen LogP contribution in [-0.2, 0) is 9.53 Å². The van der Waals surface area contributed by atoms with E-state index in [4.69, 9.17) is 10.5 Å². The summed E-state index contributed by atoms with van der Waals surface area (Å²) in [6.45, 7) is 3.26. The predicted octanol–water partition coefficient (Wildman–Crippen LogP) is 1.86. The Hall–Kier alpha value is -2.35. The Bertz CT molecular complexity index is 585. The molecule has 1 aliphatic rings. The van der Waals surface area contributed by atoms with Crippen molar-refractivity contribution in [3.05, 3.63) is 28.3 Å². The summed E-state index contributed by atoms with van der Waals surface area (Å²) in [5, 5.41) is 14.1. The number of nitro groups is 1. The van der Waals surface area contributed by atoms with Crippen molar-refractivity contribution in [1.29, 1.82) is 0 Å². The Morgan fingerprint density at radius 3 is 2.79 bits per heavy atom. The second kappa shape index (κ2) is 8.49. The number of methoxy groups -OCH3 is 1. The maximum absolute atomic E-state index is 11.5. The standard InChI is InChI=1S/C16H24N4O4/c1-24-16(21)12-5-9-19(10-6-12)8-2-7-18-14-11-13(17)3-4-15(14)20(22)23/h3-4,11-12,18H,2,5-10,17H2,1H3. The molecule has 0 spiro atoms. The number of ether oxygens (including phenoxy) is 1. The number of benzene rings is 1. The van der Waals surface area contributed by atoms with Crippen molar-refractivity contribution in [3.63, 3.8) is 0 Å². The molecule has 1 aliphatic heterocycles. The average Bonchev–Trinajstić information content (AvgIpc) is 2.58. The third kappa shape index (κ3) is 4.82. The number of hydrogen-bond acceptors (Lipinski definition) is 7. The topological polar surface area (TPSA) is 111 Å². The van der Waals surface area contributed by atoms with Gasteiger partial charge in [0.25, 0.3) is 5.69 Å². The highest BCUT2D eigenvalue weighted by Crippen LogP contribution is 2.26. The molecule has 0 saturated carbocycles. The fraction of sp³-hybridized carbons (Fsp3) is 0.562. The number of nitro benzene ring substituents is 1. The van der Waals surface area contributed by atoms with E-state index in [9.17, 15) is 14.9 Å². The Labute approximate surface area is 141 Å². The van der Waals surface area contributed by atoms with Gasteiger partial charge in [0.1, 0.15) is 5.69 Å². The first-order chi connectivity index (χ1) is 11.5. The molecule has 8 heteroatoms. The van der Waals surface area contributed by atoms with Crippen LogP contribution in [0.3, 0.4) is 0 Å². The normalized spacial score (nSPS) is 15.9. The number of anilines is 2. The zero-order valence-corrected chi connectivity index (χ0v) is 13.9. The number of nitrogen functional groups attached to an aromatic ring is 1. The molecule has 1 heterocycles. The summed E-state index contributed by atoms with van der Waals surface area (Å²) in [6.07, 6.45) is 2.50. The summed E-state index contributed by atoms with van der Waals surface area (Å²) in [4.78, 5) is 24.4. The van der Waals surface area contributed by atoms with Crippen molar-refractivity contribution in [1.82, 2.24) is 4.90 Å². The summed E-state index contributed by atoms with van der Waals surface area (Å²) >= 11 is 0. The Morgan fingerprint density at radius 2 is 2.17 bits per heavy atom. The molecule has 0 atom stereocenters. The van der Waals surface area contributed by atoms with Gasteiger partial charge in [-0.3, -0.25) is 14.9 Å². The van der Waals surface area contributed by atoms with Crippen LogP contribution in [0.4, 0.5) is 17.1 Å². The number of piperidine rings is 1. The maximum Gasteiger partial charge on any atom is 0.308 e. The third-order valence-electron chi connectivity index (χ3n) is 4.31. The monoisotopic (exact) mass is 336 g/mol. The number of hydrogen-bond donors (Lipinski definition) is 2. The number of rotatable bonds is 7. The second-order valence-corrected chi connectivity index (χ2v) is 5.95. The van der Waals surface area contributed by atoms with Gasteiger partial charge in [0.15, 0.2) is 0 Å². The van der Waals surface area contributed by atoms with Crippen molar-refractivity contribution >= 4 is 23.0 Å². The Balaban J connectivity index is 1.73. The van der Waals surface area contributed by atoms with E-state index in [-0.39, 0.29) is 17.6 Å². The van der Waals surface area contributed by atoms with Crippen LogP contribution in [0.15, 0.2) is 18.2 Å². The molecule has 0 bridgehead atoms. The molecule has 0 radical (unpaired) electrons. The molecule has 24 heavy (non-hydrogen) atoms. The van der Waals surface area contributed by atoms with Crippen molar-refractivity contribution in [2.45, 2.75) is 19.3 Å². The summed E-state index contributed by atoms with van der Waals surface area (Å²) in [6, 6.07) is 4.52. The lowest BCUT2D eigenvalue weighted by Crippen LogP contribution is -2.37. The molecule has 1 aromatic carbocycles. The van der Waals surface area contributed by atoms with Gasteiger partial charge in [0.05, 0.1) is 18.0 Å². The van der Waals surface area contributed by atoms with Gasteiger partial charge in [-0.25, -0.2) is 0 Å². The van der Waals surface area contributed by atoms with Gasteiger partial charge in [0.2, 0.25) is 0 Å². The number of nitrogens with two attached hydrogens (primary N) is 1. The van der Waals surface area contributed by atoms with Crippen molar-refractivity contribution in [2.75, 3.05) is 44.3 Å². The van der Waals surface area contributed by atoms with Crippen LogP contribution in [0, 0.1) is 16.0 Å². The number of nitrogens with one attached hydrogen (secondary N) is 1. The number of esters is 1. The largest absolute Gasteiger partial charge is 0.469 e. The molecule has 1 aromatic rings. The van der Waals surface area contributed by atoms with Crippen LogP contribution < -0.4 is 11.1 Å². The summed E-state index contributed by atoms with van der Waals surface area (Å²) < 4.78 is 4.78. The van der Waals surface area contributed by atoms with E-state index in [1.807, 2.05) is 0 Å². The number of nitrogens with zero attached hydrogens (tertiary/aromatic N) is 2. The minimum absolute atomic E-state index is 0.0133. The zero-order valence-electron chi connectivity index (χ0n) is 13.9. The lowest BCUT2D eigenvalue weighted by atomic mass is 9.97. The maximum atomic E-state index is 11.5. The van der Waals surface area contributed by atoms with Crippen LogP contribution in [0.5, 0.6) is 0 Å². The van der Waals surface area contributed by atoms with Gasteiger partial charge in [-0.05, 0) is 51.0 Å². The smallest absolute Gasteiger partial charge is 0.308 e. The van der Waals surface area contributed by atoms with Gasteiger partial charge >= 0.3 is 5.97 Å². The molecule has 0 unspecified atom stereocenters. The molecule has 0 aromatic heterocycles. The molecular weight excluding hydrogens is 312 g/mol. The van der Waals surface area contributed by atoms with E-state index in [0.717, 1.165) is 38.9 Å². The number of likely N-dealkylation sites (tertiary alicyclic amines) is 1. The molecule has 0 amide bonds. The molecular formula is C16H24N4O4. The van der Waals surface area contributed by atoms with E-state index >= 15 is 0 Å². The fourth-order valence-corrected chi connectivity index (χ4v) is 2.94. The zero-order chi connectivity index (χ0) is 17.5. The van der Waals surface area contributed by atoms with Gasteiger partial charge in [0, 0.05) is 18.3 Å². The average molecular weight is 336 g/mol. The molecule has 3 N–H and O–H groups in total. The van der Waals surface area contributed by atoms with Gasteiger partial charge in [-0.15, -0.1) is 0 Å². The SMILES string of the molecule is COC(=O)C1CCN(CCCNc2cc(N)ccc2[N+](=O)[O-])CC1. The third-order valence-corrected chi connectivity index (χ3v) is 4.31. The Morgan fingerprint density at radius 1 is 1.46 bits per heavy atom. The van der Waals surface area contributed by atoms with Crippen molar-refractivity contribution < 1.29 is 14.5 Å². The van der Waals surface area contributed by atoms with E-state index < -0.39 is 4.92 Å². The highest BCUT2D eigenvalue weighted by atomic mass is 16.6. The van der Waals surface area contributed by atoms with Gasteiger partial charge in [-0.1, -0.05) is 0 Å². The number of carbonyl (C=O) groups is 1. The fourth-order valence-electron chi connectivity index (χ4n) is 2.94. The molecule has 0 aliphatic carbocycles. The second-order valence-electron chi connectivity index (χ2n) is 5.95. The first-order valence-electron chi connectivity index (χ1n) is 8.09. The Kier molecular flexibility index (Phi) is 6.36. The lowest BCUT2D eigenvalue weighted by molar-refractivity contribution is -0.383. The molecule has 8 nitrogen and oxygen atoms in total. The first-order valence-corrected chi connectivity index (χ1v) is 8.09. The predicted molar refractivity (Wildman–Crippen MR) is 91.8 cm³/mol. The minimum atomic E-state index is -0.417. The van der Waals surface area contributed by atoms with Crippen LogP contribution in [-0.4, -0.2) is 49.1 Å². The summed E-state index contributed by atoms with van der Waals surface area (Å²) in [7, 11) is 1.43. The molecule has 2 rings (SSSR count). The lowest BCUT2D eigenvalue weighted by Gasteiger charge is -2.30. The van der Waals surface area contributed by atoms with Crippen LogP contribution in [0.1, 0.15) is 19.3 Å². The minimum Gasteiger partial charge on any atom is -0.469 e. The molecule has 132 valence electrons. The highest BCUT2D eigenvalue weighted by molar-refractivity contribution is 5.72.